The van der Waals surface area contributed by atoms with Crippen LogP contribution in [0.15, 0.2) is 72.3 Å². The van der Waals surface area contributed by atoms with Gasteiger partial charge >= 0.3 is 0 Å². The summed E-state index contributed by atoms with van der Waals surface area (Å²) in [6.07, 6.45) is 0. The Bertz CT molecular complexity index is 1300. The molecule has 0 aliphatic carbocycles. The number of nitrogens with zero attached hydrogens (tertiary/aromatic N) is 1. The van der Waals surface area contributed by atoms with Gasteiger partial charge in [0.25, 0.3) is 11.7 Å². The van der Waals surface area contributed by atoms with Crippen molar-refractivity contribution in [3.05, 3.63) is 83.4 Å². The van der Waals surface area contributed by atoms with Crippen LogP contribution in [-0.4, -0.2) is 44.7 Å². The lowest BCUT2D eigenvalue weighted by Gasteiger charge is -2.26. The van der Waals surface area contributed by atoms with Gasteiger partial charge in [-0.3, -0.25) is 14.5 Å². The molecule has 0 radical (unpaired) electrons. The van der Waals surface area contributed by atoms with Crippen molar-refractivity contribution >= 4 is 23.1 Å². The average Bonchev–Trinajstić information content (AvgIpc) is 3.18. The van der Waals surface area contributed by atoms with Crippen LogP contribution < -0.4 is 23.8 Å². The summed E-state index contributed by atoms with van der Waals surface area (Å²) in [6, 6.07) is 17.7. The van der Waals surface area contributed by atoms with Crippen LogP contribution in [0.25, 0.3) is 5.76 Å². The summed E-state index contributed by atoms with van der Waals surface area (Å²) in [5.41, 5.74) is 1.39. The Labute approximate surface area is 209 Å². The van der Waals surface area contributed by atoms with Gasteiger partial charge < -0.3 is 24.1 Å². The fourth-order valence-corrected chi connectivity index (χ4v) is 4.21. The predicted molar refractivity (Wildman–Crippen MR) is 135 cm³/mol. The zero-order chi connectivity index (χ0) is 25.8. The molecule has 8 heteroatoms. The Hall–Kier alpha value is -4.46. The molecule has 4 rings (SSSR count). The SMILES string of the molecule is CCOc1ccc(/C(O)=C2\C(=O)C(=O)N(c3ccc(OC)cc3)C2c2ccc(OC)c(OC)c2)cc1. The van der Waals surface area contributed by atoms with E-state index in [9.17, 15) is 14.7 Å². The van der Waals surface area contributed by atoms with E-state index in [4.69, 9.17) is 18.9 Å². The number of hydrogen-bond acceptors (Lipinski definition) is 7. The van der Waals surface area contributed by atoms with Crippen molar-refractivity contribution in [1.29, 1.82) is 0 Å². The van der Waals surface area contributed by atoms with E-state index in [1.54, 1.807) is 73.8 Å². The largest absolute Gasteiger partial charge is 0.507 e. The van der Waals surface area contributed by atoms with E-state index in [-0.39, 0.29) is 11.3 Å². The minimum Gasteiger partial charge on any atom is -0.507 e. The summed E-state index contributed by atoms with van der Waals surface area (Å²) in [5.74, 6) is 0.318. The summed E-state index contributed by atoms with van der Waals surface area (Å²) in [5, 5.41) is 11.3. The van der Waals surface area contributed by atoms with Gasteiger partial charge in [-0.25, -0.2) is 0 Å². The van der Waals surface area contributed by atoms with E-state index in [1.807, 2.05) is 6.92 Å². The molecule has 0 bridgehead atoms. The number of ether oxygens (including phenoxy) is 4. The maximum atomic E-state index is 13.3. The first kappa shape index (κ1) is 24.7. The van der Waals surface area contributed by atoms with E-state index in [2.05, 4.69) is 0 Å². The van der Waals surface area contributed by atoms with Crippen LogP contribution in [0.4, 0.5) is 5.69 Å². The Kier molecular flexibility index (Phi) is 7.15. The first-order chi connectivity index (χ1) is 17.4. The lowest BCUT2D eigenvalue weighted by Crippen LogP contribution is -2.29. The standard InChI is InChI=1S/C28H27NO7/c1-5-36-21-11-6-17(7-12-21)26(30)24-25(18-8-15-22(34-3)23(16-18)35-4)29(28(32)27(24)31)19-9-13-20(33-2)14-10-19/h6-16,25,30H,5H2,1-4H3/b26-24+. The van der Waals surface area contributed by atoms with Gasteiger partial charge in [0, 0.05) is 11.3 Å². The van der Waals surface area contributed by atoms with Crippen molar-refractivity contribution in [2.75, 3.05) is 32.8 Å². The summed E-state index contributed by atoms with van der Waals surface area (Å²) < 4.78 is 21.5. The Morgan fingerprint density at radius 3 is 2.06 bits per heavy atom. The highest BCUT2D eigenvalue weighted by atomic mass is 16.5. The van der Waals surface area contributed by atoms with Crippen molar-refractivity contribution < 1.29 is 33.6 Å². The van der Waals surface area contributed by atoms with Crippen LogP contribution in [0.3, 0.4) is 0 Å². The average molecular weight is 490 g/mol. The van der Waals surface area contributed by atoms with E-state index in [0.29, 0.717) is 46.4 Å². The predicted octanol–water partition coefficient (Wildman–Crippen LogP) is 4.74. The summed E-state index contributed by atoms with van der Waals surface area (Å²) in [6.45, 7) is 2.37. The number of carbonyl (C=O) groups excluding carboxylic acids is 2. The molecular formula is C28H27NO7. The van der Waals surface area contributed by atoms with Crippen LogP contribution in [0.1, 0.15) is 24.1 Å². The lowest BCUT2D eigenvalue weighted by atomic mass is 9.94. The van der Waals surface area contributed by atoms with Gasteiger partial charge in [0.2, 0.25) is 0 Å². The highest BCUT2D eigenvalue weighted by Gasteiger charge is 2.47. The molecule has 1 amide bonds. The Morgan fingerprint density at radius 2 is 1.47 bits per heavy atom. The number of amides is 1. The molecule has 186 valence electrons. The molecule has 3 aromatic rings. The molecule has 1 aliphatic heterocycles. The van der Waals surface area contributed by atoms with Crippen molar-refractivity contribution in [3.8, 4) is 23.0 Å². The van der Waals surface area contributed by atoms with Gasteiger partial charge in [0.05, 0.1) is 39.6 Å². The number of carbonyl (C=O) groups is 2. The molecule has 1 N–H and O–H groups in total. The number of aliphatic hydroxyl groups is 1. The molecule has 1 aliphatic rings. The molecule has 8 nitrogen and oxygen atoms in total. The van der Waals surface area contributed by atoms with Crippen LogP contribution in [0.2, 0.25) is 0 Å². The molecule has 0 aromatic heterocycles. The minimum atomic E-state index is -0.912. The van der Waals surface area contributed by atoms with E-state index in [1.165, 1.54) is 19.1 Å². The van der Waals surface area contributed by atoms with Crippen LogP contribution >= 0.6 is 0 Å². The maximum Gasteiger partial charge on any atom is 0.300 e. The molecule has 1 fully saturated rings. The number of hydrogen-bond donors (Lipinski definition) is 1. The normalized spacial score (nSPS) is 16.7. The topological polar surface area (TPSA) is 94.5 Å². The Balaban J connectivity index is 1.90. The zero-order valence-electron chi connectivity index (χ0n) is 20.5. The molecule has 36 heavy (non-hydrogen) atoms. The van der Waals surface area contributed by atoms with Crippen LogP contribution in [0, 0.1) is 0 Å². The minimum absolute atomic E-state index is 0.0350. The third-order valence-electron chi connectivity index (χ3n) is 5.96. The second-order valence-electron chi connectivity index (χ2n) is 7.94. The number of anilines is 1. The fourth-order valence-electron chi connectivity index (χ4n) is 4.21. The van der Waals surface area contributed by atoms with Crippen molar-refractivity contribution in [2.45, 2.75) is 13.0 Å². The number of benzene rings is 3. The molecule has 1 saturated heterocycles. The Morgan fingerprint density at radius 1 is 0.833 bits per heavy atom. The third kappa shape index (κ3) is 4.45. The molecule has 1 unspecified atom stereocenters. The highest BCUT2D eigenvalue weighted by molar-refractivity contribution is 6.51. The summed E-state index contributed by atoms with van der Waals surface area (Å²) >= 11 is 0. The lowest BCUT2D eigenvalue weighted by molar-refractivity contribution is -0.132. The van der Waals surface area contributed by atoms with Crippen molar-refractivity contribution in [2.24, 2.45) is 0 Å². The summed E-state index contributed by atoms with van der Waals surface area (Å²) in [7, 11) is 4.57. The van der Waals surface area contributed by atoms with Crippen molar-refractivity contribution in [1.82, 2.24) is 0 Å². The highest BCUT2D eigenvalue weighted by Crippen LogP contribution is 2.44. The zero-order valence-corrected chi connectivity index (χ0v) is 20.5. The quantitative estimate of drug-likeness (QED) is 0.278. The monoisotopic (exact) mass is 489 g/mol. The molecule has 3 aromatic carbocycles. The second-order valence-corrected chi connectivity index (χ2v) is 7.94. The number of ketones is 1. The second kappa shape index (κ2) is 10.4. The number of Topliss-reactive ketones (excluding diaryl/α,β-unsaturated/α-hetero) is 1. The molecule has 0 spiro atoms. The van der Waals surface area contributed by atoms with Gasteiger partial charge in [0.15, 0.2) is 11.5 Å². The first-order valence-corrected chi connectivity index (χ1v) is 11.3. The number of rotatable bonds is 8. The third-order valence-corrected chi connectivity index (χ3v) is 5.96. The van der Waals surface area contributed by atoms with Gasteiger partial charge in [-0.15, -0.1) is 0 Å². The molecule has 1 atom stereocenters. The van der Waals surface area contributed by atoms with Crippen molar-refractivity contribution in [3.63, 3.8) is 0 Å². The van der Waals surface area contributed by atoms with Crippen LogP contribution in [0.5, 0.6) is 23.0 Å². The van der Waals surface area contributed by atoms with Gasteiger partial charge in [-0.2, -0.15) is 0 Å². The summed E-state index contributed by atoms with van der Waals surface area (Å²) in [4.78, 5) is 28.0. The van der Waals surface area contributed by atoms with Gasteiger partial charge in [-0.05, 0) is 73.2 Å². The van der Waals surface area contributed by atoms with Crippen LogP contribution in [-0.2, 0) is 9.59 Å². The molecule has 1 heterocycles. The first-order valence-electron chi connectivity index (χ1n) is 11.3. The van der Waals surface area contributed by atoms with E-state index >= 15 is 0 Å². The molecule has 0 saturated carbocycles. The van der Waals surface area contributed by atoms with Gasteiger partial charge in [0.1, 0.15) is 17.3 Å². The van der Waals surface area contributed by atoms with Gasteiger partial charge in [-0.1, -0.05) is 6.07 Å². The number of methoxy groups -OCH3 is 3. The molecular weight excluding hydrogens is 462 g/mol. The number of aliphatic hydroxyl groups excluding tert-OH is 1. The maximum absolute atomic E-state index is 13.3. The van der Waals surface area contributed by atoms with E-state index < -0.39 is 17.7 Å². The van der Waals surface area contributed by atoms with E-state index in [0.717, 1.165) is 0 Å². The smallest absolute Gasteiger partial charge is 0.300 e. The fraction of sp³-hybridized carbons (Fsp3) is 0.214.